The zero-order chi connectivity index (χ0) is 21.1. The van der Waals surface area contributed by atoms with E-state index in [1.807, 2.05) is 0 Å². The van der Waals surface area contributed by atoms with E-state index in [1.54, 1.807) is 0 Å². The number of benzene rings is 1. The van der Waals surface area contributed by atoms with Crippen molar-refractivity contribution in [3.8, 4) is 11.5 Å². The summed E-state index contributed by atoms with van der Waals surface area (Å²) in [6.45, 7) is 1.03. The molecular weight excluding hydrogens is 414 g/mol. The zero-order valence-electron chi connectivity index (χ0n) is 15.9. The average Bonchev–Trinajstić information content (AvgIpc) is 3.21. The zero-order valence-corrected chi connectivity index (χ0v) is 16.7. The molecule has 2 aromatic rings. The Hall–Kier alpha value is -3.25. The largest absolute Gasteiger partial charge is 0.454 e. The molecule has 2 aliphatic rings. The van der Waals surface area contributed by atoms with Crippen LogP contribution in [-0.2, 0) is 10.0 Å². The molecule has 1 aromatic carbocycles. The number of ether oxygens (including phenoxy) is 2. The molecule has 0 radical (unpaired) electrons. The molecular formula is C18H19N5O6S. The van der Waals surface area contributed by atoms with Crippen LogP contribution in [0.15, 0.2) is 40.5 Å². The fraction of sp³-hybridized carbons (Fsp3) is 0.333. The number of pyridine rings is 1. The van der Waals surface area contributed by atoms with Crippen molar-refractivity contribution in [1.82, 2.24) is 9.29 Å². The standard InChI is InChI=1S/C18H19N5O6S/c24-23(25)15-9-17-16(28-12-29-17)8-13(15)10-20-21-18-5-4-14(11-19-18)30(26,27)22-6-2-1-3-7-22/h4-5,8-11H,1-3,6-7,12H2,(H,19,21)/b20-10+. The van der Waals surface area contributed by atoms with Gasteiger partial charge in [0.25, 0.3) is 5.69 Å². The van der Waals surface area contributed by atoms with Crippen LogP contribution < -0.4 is 14.9 Å². The van der Waals surface area contributed by atoms with Crippen LogP contribution in [0.25, 0.3) is 0 Å². The molecule has 1 saturated heterocycles. The molecule has 30 heavy (non-hydrogen) atoms. The van der Waals surface area contributed by atoms with E-state index in [9.17, 15) is 18.5 Å². The Morgan fingerprint density at radius 2 is 1.90 bits per heavy atom. The second kappa shape index (κ2) is 8.24. The minimum absolute atomic E-state index is 0.00192. The summed E-state index contributed by atoms with van der Waals surface area (Å²) in [5.74, 6) is 0.999. The van der Waals surface area contributed by atoms with Gasteiger partial charge in [-0.05, 0) is 31.0 Å². The number of nitro groups is 1. The van der Waals surface area contributed by atoms with Gasteiger partial charge in [-0.1, -0.05) is 6.42 Å². The smallest absolute Gasteiger partial charge is 0.282 e. The van der Waals surface area contributed by atoms with Gasteiger partial charge in [0.2, 0.25) is 16.8 Å². The van der Waals surface area contributed by atoms with Crippen molar-refractivity contribution < 1.29 is 22.8 Å². The Morgan fingerprint density at radius 1 is 1.17 bits per heavy atom. The van der Waals surface area contributed by atoms with E-state index in [1.165, 1.54) is 41.0 Å². The van der Waals surface area contributed by atoms with Crippen molar-refractivity contribution in [2.24, 2.45) is 5.10 Å². The molecule has 0 atom stereocenters. The van der Waals surface area contributed by atoms with E-state index < -0.39 is 14.9 Å². The summed E-state index contributed by atoms with van der Waals surface area (Å²) in [6, 6.07) is 5.69. The third kappa shape index (κ3) is 4.04. The van der Waals surface area contributed by atoms with Gasteiger partial charge in [0.1, 0.15) is 10.7 Å². The van der Waals surface area contributed by atoms with E-state index >= 15 is 0 Å². The molecule has 0 bridgehead atoms. The van der Waals surface area contributed by atoms with Gasteiger partial charge >= 0.3 is 0 Å². The summed E-state index contributed by atoms with van der Waals surface area (Å²) in [7, 11) is -3.56. The number of anilines is 1. The van der Waals surface area contributed by atoms with Crippen molar-refractivity contribution in [3.63, 3.8) is 0 Å². The second-order valence-corrected chi connectivity index (χ2v) is 8.67. The third-order valence-electron chi connectivity index (χ3n) is 4.79. The van der Waals surface area contributed by atoms with Gasteiger partial charge in [-0.25, -0.2) is 13.4 Å². The number of aromatic nitrogens is 1. The van der Waals surface area contributed by atoms with Crippen molar-refractivity contribution in [2.45, 2.75) is 24.2 Å². The summed E-state index contributed by atoms with van der Waals surface area (Å²) in [5, 5.41) is 15.2. The monoisotopic (exact) mass is 433 g/mol. The maximum absolute atomic E-state index is 12.6. The molecule has 12 heteroatoms. The van der Waals surface area contributed by atoms with E-state index in [0.29, 0.717) is 30.4 Å². The molecule has 4 rings (SSSR count). The lowest BCUT2D eigenvalue weighted by Gasteiger charge is -2.25. The topological polar surface area (TPSA) is 136 Å². The van der Waals surface area contributed by atoms with Crippen LogP contribution in [0.3, 0.4) is 0 Å². The summed E-state index contributed by atoms with van der Waals surface area (Å²) < 4.78 is 37.1. The Bertz CT molecular complexity index is 1080. The van der Waals surface area contributed by atoms with E-state index in [4.69, 9.17) is 9.47 Å². The number of nitrogens with one attached hydrogen (secondary N) is 1. The minimum Gasteiger partial charge on any atom is -0.454 e. The van der Waals surface area contributed by atoms with Crippen molar-refractivity contribution in [3.05, 3.63) is 46.1 Å². The van der Waals surface area contributed by atoms with Gasteiger partial charge in [0.05, 0.1) is 22.8 Å². The third-order valence-corrected chi connectivity index (χ3v) is 6.67. The van der Waals surface area contributed by atoms with Gasteiger partial charge < -0.3 is 9.47 Å². The van der Waals surface area contributed by atoms with Gasteiger partial charge in [-0.3, -0.25) is 15.5 Å². The van der Waals surface area contributed by atoms with Crippen LogP contribution >= 0.6 is 0 Å². The van der Waals surface area contributed by atoms with E-state index in [0.717, 1.165) is 19.3 Å². The number of piperidine rings is 1. The molecule has 1 fully saturated rings. The maximum Gasteiger partial charge on any atom is 0.282 e. The molecule has 2 aliphatic heterocycles. The van der Waals surface area contributed by atoms with Gasteiger partial charge in [0.15, 0.2) is 11.5 Å². The highest BCUT2D eigenvalue weighted by molar-refractivity contribution is 7.89. The highest BCUT2D eigenvalue weighted by atomic mass is 32.2. The molecule has 0 saturated carbocycles. The van der Waals surface area contributed by atoms with E-state index in [-0.39, 0.29) is 22.9 Å². The Labute approximate surface area is 172 Å². The SMILES string of the molecule is O=[N+]([O-])c1cc2c(cc1/C=N/Nc1ccc(S(=O)(=O)N3CCCCC3)cn1)OCO2. The molecule has 3 heterocycles. The summed E-state index contributed by atoms with van der Waals surface area (Å²) in [4.78, 5) is 14.9. The number of hydrogen-bond acceptors (Lipinski definition) is 9. The van der Waals surface area contributed by atoms with Gasteiger partial charge in [-0.2, -0.15) is 9.41 Å². The number of hydrazone groups is 1. The summed E-state index contributed by atoms with van der Waals surface area (Å²) in [5.41, 5.74) is 2.68. The lowest BCUT2D eigenvalue weighted by Crippen LogP contribution is -2.35. The van der Waals surface area contributed by atoms with Crippen LogP contribution in [0.2, 0.25) is 0 Å². The first-order valence-corrected chi connectivity index (χ1v) is 10.7. The molecule has 1 N–H and O–H groups in total. The first-order chi connectivity index (χ1) is 14.4. The predicted octanol–water partition coefficient (Wildman–Crippen LogP) is 2.34. The normalized spacial score (nSPS) is 16.7. The summed E-state index contributed by atoms with van der Waals surface area (Å²) >= 11 is 0. The van der Waals surface area contributed by atoms with Crippen molar-refractivity contribution >= 4 is 27.7 Å². The quantitative estimate of drug-likeness (QED) is 0.416. The highest BCUT2D eigenvalue weighted by Gasteiger charge is 2.26. The second-order valence-electron chi connectivity index (χ2n) is 6.74. The fourth-order valence-electron chi connectivity index (χ4n) is 3.23. The lowest BCUT2D eigenvalue weighted by molar-refractivity contribution is -0.385. The minimum atomic E-state index is -3.56. The van der Waals surface area contributed by atoms with Gasteiger partial charge in [-0.15, -0.1) is 0 Å². The molecule has 11 nitrogen and oxygen atoms in total. The first-order valence-electron chi connectivity index (χ1n) is 9.28. The van der Waals surface area contributed by atoms with E-state index in [2.05, 4.69) is 15.5 Å². The predicted molar refractivity (Wildman–Crippen MR) is 107 cm³/mol. The van der Waals surface area contributed by atoms with Crippen LogP contribution in [0.1, 0.15) is 24.8 Å². The lowest BCUT2D eigenvalue weighted by atomic mass is 10.1. The van der Waals surface area contributed by atoms with Crippen LogP contribution in [-0.4, -0.2) is 48.7 Å². The van der Waals surface area contributed by atoms with Crippen LogP contribution in [0, 0.1) is 10.1 Å². The Balaban J connectivity index is 1.47. The fourth-order valence-corrected chi connectivity index (χ4v) is 4.69. The Morgan fingerprint density at radius 3 is 2.57 bits per heavy atom. The number of rotatable bonds is 6. The molecule has 0 spiro atoms. The molecule has 0 aliphatic carbocycles. The van der Waals surface area contributed by atoms with Crippen LogP contribution in [0.4, 0.5) is 11.5 Å². The maximum atomic E-state index is 12.6. The summed E-state index contributed by atoms with van der Waals surface area (Å²) in [6.07, 6.45) is 5.28. The molecule has 158 valence electrons. The van der Waals surface area contributed by atoms with Gasteiger partial charge in [0, 0.05) is 19.3 Å². The molecule has 0 amide bonds. The number of sulfonamides is 1. The first kappa shape index (κ1) is 20.0. The van der Waals surface area contributed by atoms with Crippen LogP contribution in [0.5, 0.6) is 11.5 Å². The number of nitrogens with zero attached hydrogens (tertiary/aromatic N) is 4. The molecule has 1 aromatic heterocycles. The van der Waals surface area contributed by atoms with Crippen molar-refractivity contribution in [2.75, 3.05) is 25.3 Å². The Kier molecular flexibility index (Phi) is 5.50. The number of hydrogen-bond donors (Lipinski definition) is 1. The highest BCUT2D eigenvalue weighted by Crippen LogP contribution is 2.37. The van der Waals surface area contributed by atoms with Crippen molar-refractivity contribution in [1.29, 1.82) is 0 Å². The number of fused-ring (bicyclic) bond motifs is 1. The molecule has 0 unspecified atom stereocenters. The number of nitro benzene ring substituents is 1. The average molecular weight is 433 g/mol.